The largest absolute Gasteiger partial charge is 0.522 e. The zero-order valence-electron chi connectivity index (χ0n) is 37.1. The number of hydrogen-bond acceptors (Lipinski definition) is 3. The van der Waals surface area contributed by atoms with Crippen LogP contribution in [0.25, 0.3) is 50.2 Å². The van der Waals surface area contributed by atoms with Crippen LogP contribution in [0.5, 0.6) is 11.5 Å². The Hall–Kier alpha value is -5.06. The van der Waals surface area contributed by atoms with Crippen LogP contribution in [0.15, 0.2) is 109 Å². The van der Waals surface area contributed by atoms with E-state index in [4.69, 9.17) is 13.0 Å². The second kappa shape index (κ2) is 15.7. The van der Waals surface area contributed by atoms with E-state index >= 15 is 0 Å². The van der Waals surface area contributed by atoms with Gasteiger partial charge in [0.1, 0.15) is 5.82 Å². The van der Waals surface area contributed by atoms with E-state index in [0.717, 1.165) is 32.8 Å². The maximum atomic E-state index is 8.95. The smallest absolute Gasteiger partial charge is 0.269 e. The van der Waals surface area contributed by atoms with Crippen LogP contribution in [0.4, 0.5) is 0 Å². The molecule has 0 fully saturated rings. The molecule has 4 aromatic heterocycles. The van der Waals surface area contributed by atoms with Crippen LogP contribution in [0, 0.1) is 36.2 Å². The SMILES string of the molecule is [2H]C([2H])(c1cc(-[n+]2[c-]n(-c3[c-]c(Oc4[c-]c5c(cc4)c4ccccc4n5-c4cc(C([2H])([2H])C(C)C)ccn4)ccn3)c3ccccc32)cc(C([2H])([2H])C(C)C)c1)C(C)C.[Pt]. The summed E-state index contributed by atoms with van der Waals surface area (Å²) in [4.78, 5) is 9.34. The fourth-order valence-corrected chi connectivity index (χ4v) is 6.77. The Morgan fingerprint density at radius 2 is 1.31 bits per heavy atom. The quantitative estimate of drug-likeness (QED) is 0.0960. The number of imidazole rings is 1. The summed E-state index contributed by atoms with van der Waals surface area (Å²) in [6.07, 6.45) is 1.72. The molecule has 0 aliphatic rings. The number of ether oxygens (including phenoxy) is 1. The van der Waals surface area contributed by atoms with Crippen LogP contribution in [-0.2, 0) is 40.2 Å². The number of pyridine rings is 2. The molecular weight excluding hydrogens is 846 g/mol. The van der Waals surface area contributed by atoms with Gasteiger partial charge in [-0.1, -0.05) is 113 Å². The van der Waals surface area contributed by atoms with Gasteiger partial charge in [-0.3, -0.25) is 14.1 Å². The van der Waals surface area contributed by atoms with Crippen molar-refractivity contribution in [3.05, 3.63) is 145 Å². The van der Waals surface area contributed by atoms with Crippen molar-refractivity contribution in [3.63, 3.8) is 0 Å². The standard InChI is InChI=1S/C47H45N5O.Pt/c1-31(2)21-34-17-19-49-47(27-34)52-42-12-8-7-11-40(42)41-16-15-38(28-45(41)52)53-39-18-20-48-46(29-39)51-30-50(43-13-9-10-14-44(43)51)37-25-35(22-32(3)4)24-36(26-37)23-33(5)6;/h7-20,24-27,31-33H,21-23H2,1-6H3;/q-2;/i21D2,22D2,23D2;. The Kier molecular flexibility index (Phi) is 8.82. The number of fused-ring (bicyclic) bond motifs is 4. The van der Waals surface area contributed by atoms with Crippen molar-refractivity contribution < 1.29 is 38.6 Å². The van der Waals surface area contributed by atoms with Crippen molar-refractivity contribution in [3.8, 4) is 28.8 Å². The van der Waals surface area contributed by atoms with Gasteiger partial charge in [0.2, 0.25) is 0 Å². The van der Waals surface area contributed by atoms with Crippen LogP contribution in [0.2, 0.25) is 0 Å². The molecule has 0 saturated carbocycles. The third kappa shape index (κ3) is 7.63. The molecule has 8 rings (SSSR count). The summed E-state index contributed by atoms with van der Waals surface area (Å²) in [5.74, 6) is 0.864. The van der Waals surface area contributed by atoms with Crippen molar-refractivity contribution in [2.75, 3.05) is 0 Å². The van der Waals surface area contributed by atoms with Gasteiger partial charge in [-0.2, -0.15) is 18.2 Å². The Labute approximate surface area is 341 Å². The number of rotatable bonds is 11. The number of nitrogens with zero attached hydrogens (tertiary/aromatic N) is 5. The fourth-order valence-electron chi connectivity index (χ4n) is 6.77. The Morgan fingerprint density at radius 3 is 2.06 bits per heavy atom. The van der Waals surface area contributed by atoms with Gasteiger partial charge in [0.05, 0.1) is 22.5 Å². The van der Waals surface area contributed by atoms with Gasteiger partial charge >= 0.3 is 0 Å². The average Bonchev–Trinajstić information content (AvgIpc) is 3.77. The molecule has 7 heteroatoms. The second-order valence-electron chi connectivity index (χ2n) is 14.1. The Balaban J connectivity index is 0.00000544. The van der Waals surface area contributed by atoms with Gasteiger partial charge in [0.15, 0.2) is 0 Å². The molecule has 0 aliphatic heterocycles. The molecule has 0 atom stereocenters. The number of hydrogen-bond donors (Lipinski definition) is 0. The van der Waals surface area contributed by atoms with E-state index in [1.165, 1.54) is 0 Å². The summed E-state index contributed by atoms with van der Waals surface area (Å²) in [5, 5.41) is 1.95. The van der Waals surface area contributed by atoms with Crippen LogP contribution in [0.1, 0.15) is 66.5 Å². The predicted molar refractivity (Wildman–Crippen MR) is 213 cm³/mol. The predicted octanol–water partition coefficient (Wildman–Crippen LogP) is 10.6. The first-order chi connectivity index (χ1) is 28.0. The van der Waals surface area contributed by atoms with Crippen molar-refractivity contribution in [1.29, 1.82) is 0 Å². The molecule has 0 radical (unpaired) electrons. The van der Waals surface area contributed by atoms with E-state index in [0.29, 0.717) is 45.5 Å². The third-order valence-corrected chi connectivity index (χ3v) is 8.73. The molecule has 0 amide bonds. The van der Waals surface area contributed by atoms with Crippen molar-refractivity contribution in [2.24, 2.45) is 17.8 Å². The van der Waals surface area contributed by atoms with Crippen LogP contribution >= 0.6 is 0 Å². The molecule has 276 valence electrons. The Bertz CT molecular complexity index is 2830. The normalized spacial score (nSPS) is 14.2. The monoisotopic (exact) mass is 896 g/mol. The summed E-state index contributed by atoms with van der Waals surface area (Å²) >= 11 is 0. The summed E-state index contributed by atoms with van der Waals surface area (Å²) in [7, 11) is 0. The van der Waals surface area contributed by atoms with Gasteiger partial charge in [-0.15, -0.1) is 17.5 Å². The topological polar surface area (TPSA) is 48.8 Å². The molecule has 6 nitrogen and oxygen atoms in total. The minimum atomic E-state index is -1.71. The van der Waals surface area contributed by atoms with Crippen LogP contribution < -0.4 is 9.30 Å². The minimum absolute atomic E-state index is 0. The molecule has 4 aromatic carbocycles. The first-order valence-corrected chi connectivity index (χ1v) is 18.1. The molecule has 0 saturated heterocycles. The first-order valence-electron chi connectivity index (χ1n) is 21.1. The van der Waals surface area contributed by atoms with Crippen molar-refractivity contribution >= 4 is 32.8 Å². The molecule has 4 heterocycles. The van der Waals surface area contributed by atoms with Crippen molar-refractivity contribution in [2.45, 2.75) is 60.7 Å². The average molecular weight is 897 g/mol. The fraction of sp³-hybridized carbons (Fsp3) is 0.255. The zero-order chi connectivity index (χ0) is 42.0. The van der Waals surface area contributed by atoms with E-state index in [1.54, 1.807) is 53.4 Å². The summed E-state index contributed by atoms with van der Waals surface area (Å²) < 4.78 is 65.3. The van der Waals surface area contributed by atoms with Crippen molar-refractivity contribution in [1.82, 2.24) is 19.1 Å². The molecule has 0 N–H and O–H groups in total. The summed E-state index contributed by atoms with van der Waals surface area (Å²) in [6, 6.07) is 36.8. The molecular formula is C47H45N5OPt-2. The molecule has 0 aliphatic carbocycles. The number of para-hydroxylation sites is 3. The maximum absolute atomic E-state index is 8.95. The first kappa shape index (κ1) is 30.3. The van der Waals surface area contributed by atoms with E-state index < -0.39 is 19.1 Å². The van der Waals surface area contributed by atoms with Crippen LogP contribution in [0.3, 0.4) is 0 Å². The van der Waals surface area contributed by atoms with Gasteiger partial charge < -0.3 is 9.30 Å². The van der Waals surface area contributed by atoms with Gasteiger partial charge in [0.25, 0.3) is 6.33 Å². The summed E-state index contributed by atoms with van der Waals surface area (Å²) in [6.45, 7) is 11.0. The van der Waals surface area contributed by atoms with E-state index in [2.05, 4.69) is 28.4 Å². The van der Waals surface area contributed by atoms with E-state index in [1.807, 2.05) is 111 Å². The third-order valence-electron chi connectivity index (χ3n) is 8.73. The van der Waals surface area contributed by atoms with Gasteiger partial charge in [0, 0.05) is 46.8 Å². The van der Waals surface area contributed by atoms with Gasteiger partial charge in [-0.05, 0) is 83.9 Å². The van der Waals surface area contributed by atoms with E-state index in [-0.39, 0.29) is 38.8 Å². The summed E-state index contributed by atoms with van der Waals surface area (Å²) in [5.41, 5.74) is 5.07. The minimum Gasteiger partial charge on any atom is -0.522 e. The number of benzene rings is 4. The second-order valence-corrected chi connectivity index (χ2v) is 14.1. The maximum Gasteiger partial charge on any atom is 0.269 e. The molecule has 8 aromatic rings. The van der Waals surface area contributed by atoms with E-state index in [9.17, 15) is 0 Å². The molecule has 0 unspecified atom stereocenters. The molecule has 54 heavy (non-hydrogen) atoms. The zero-order valence-corrected chi connectivity index (χ0v) is 33.4. The Morgan fingerprint density at radius 1 is 0.667 bits per heavy atom. The number of aromatic nitrogens is 5. The molecule has 0 spiro atoms. The molecule has 0 bridgehead atoms. The van der Waals surface area contributed by atoms with Gasteiger partial charge in [-0.25, -0.2) is 4.98 Å². The van der Waals surface area contributed by atoms with Crippen LogP contribution in [-0.4, -0.2) is 19.1 Å².